The standard InChI is InChI=1S/C23H17ClFN5S.C2H6/c1-31-30-21-9-16(12-29-23(21)24)15-4-7-20-19(8-15)22(17(10-26)13-27-20)28-11-14-2-5-18(25)6-3-14;1-2/h2-9,12-13,30H,11H2,1H3,(H,27,28);1-2H3. The third-order valence-corrected chi connectivity index (χ3v) is 5.48. The second kappa shape index (κ2) is 11.5. The number of nitrogens with zero attached hydrogens (tertiary/aromatic N) is 3. The van der Waals surface area contributed by atoms with E-state index in [0.29, 0.717) is 22.9 Å². The molecule has 8 heteroatoms. The molecule has 2 aromatic heterocycles. The lowest BCUT2D eigenvalue weighted by Crippen LogP contribution is -2.03. The van der Waals surface area contributed by atoms with Crippen molar-refractivity contribution in [1.29, 1.82) is 5.26 Å². The SMILES string of the molecule is CC.CSNc1cc(-c2ccc3ncc(C#N)c(NCc4ccc(F)cc4)c3c2)cnc1Cl. The molecule has 168 valence electrons. The van der Waals surface area contributed by atoms with Crippen LogP contribution in [0.4, 0.5) is 15.8 Å². The number of nitriles is 1. The zero-order valence-corrected chi connectivity index (χ0v) is 20.1. The second-order valence-electron chi connectivity index (χ2n) is 6.74. The van der Waals surface area contributed by atoms with Gasteiger partial charge in [0.05, 0.1) is 22.5 Å². The summed E-state index contributed by atoms with van der Waals surface area (Å²) in [7, 11) is 0. The van der Waals surface area contributed by atoms with Gasteiger partial charge in [-0.05, 0) is 41.5 Å². The number of nitrogens with one attached hydrogen (secondary N) is 2. The molecule has 0 atom stereocenters. The zero-order chi connectivity index (χ0) is 23.8. The van der Waals surface area contributed by atoms with Crippen LogP contribution < -0.4 is 10.0 Å². The summed E-state index contributed by atoms with van der Waals surface area (Å²) in [5, 5.41) is 14.1. The van der Waals surface area contributed by atoms with E-state index in [1.807, 2.05) is 44.4 Å². The molecule has 2 N–H and O–H groups in total. The van der Waals surface area contributed by atoms with Gasteiger partial charge in [-0.25, -0.2) is 9.37 Å². The Hall–Kier alpha value is -3.34. The van der Waals surface area contributed by atoms with Crippen LogP contribution in [0.2, 0.25) is 5.15 Å². The predicted octanol–water partition coefficient (Wildman–Crippen LogP) is 7.29. The fourth-order valence-corrected chi connectivity index (χ4v) is 3.81. The molecule has 4 rings (SSSR count). The highest BCUT2D eigenvalue weighted by molar-refractivity contribution is 7.99. The largest absolute Gasteiger partial charge is 0.379 e. The van der Waals surface area contributed by atoms with Crippen molar-refractivity contribution in [3.05, 3.63) is 83.0 Å². The summed E-state index contributed by atoms with van der Waals surface area (Å²) < 4.78 is 16.3. The Balaban J connectivity index is 0.00000149. The molecule has 0 aliphatic heterocycles. The smallest absolute Gasteiger partial charge is 0.152 e. The summed E-state index contributed by atoms with van der Waals surface area (Å²) in [6, 6.07) is 16.2. The fourth-order valence-electron chi connectivity index (χ4n) is 3.23. The first-order chi connectivity index (χ1) is 16.1. The fraction of sp³-hybridized carbons (Fsp3) is 0.160. The number of hydrogen-bond acceptors (Lipinski definition) is 6. The third-order valence-electron chi connectivity index (χ3n) is 4.76. The Morgan fingerprint density at radius 2 is 1.79 bits per heavy atom. The third kappa shape index (κ3) is 5.72. The number of anilines is 2. The van der Waals surface area contributed by atoms with Gasteiger partial charge >= 0.3 is 0 Å². The Bertz CT molecular complexity index is 1290. The lowest BCUT2D eigenvalue weighted by molar-refractivity contribution is 0.627. The van der Waals surface area contributed by atoms with Gasteiger partial charge in [0.1, 0.15) is 11.9 Å². The lowest BCUT2D eigenvalue weighted by atomic mass is 10.0. The number of halogens is 2. The van der Waals surface area contributed by atoms with Crippen LogP contribution in [0.1, 0.15) is 25.0 Å². The molecule has 0 radical (unpaired) electrons. The van der Waals surface area contributed by atoms with Crippen molar-refractivity contribution >= 4 is 45.8 Å². The number of aromatic nitrogens is 2. The Morgan fingerprint density at radius 1 is 1.03 bits per heavy atom. The summed E-state index contributed by atoms with van der Waals surface area (Å²) >= 11 is 7.60. The minimum atomic E-state index is -0.285. The molecule has 0 fully saturated rings. The maximum absolute atomic E-state index is 13.2. The first kappa shape index (κ1) is 24.3. The molecule has 0 spiro atoms. The molecule has 2 aromatic carbocycles. The van der Waals surface area contributed by atoms with E-state index in [1.54, 1.807) is 24.5 Å². The van der Waals surface area contributed by atoms with Crippen molar-refractivity contribution < 1.29 is 4.39 Å². The molecule has 0 unspecified atom stereocenters. The normalized spacial score (nSPS) is 10.2. The van der Waals surface area contributed by atoms with Crippen LogP contribution in [-0.2, 0) is 6.54 Å². The van der Waals surface area contributed by atoms with E-state index in [4.69, 9.17) is 11.6 Å². The molecule has 0 aliphatic rings. The van der Waals surface area contributed by atoms with Crippen molar-refractivity contribution in [3.63, 3.8) is 0 Å². The highest BCUT2D eigenvalue weighted by atomic mass is 35.5. The van der Waals surface area contributed by atoms with Crippen LogP contribution in [0.25, 0.3) is 22.0 Å². The van der Waals surface area contributed by atoms with Crippen molar-refractivity contribution in [2.75, 3.05) is 16.3 Å². The maximum Gasteiger partial charge on any atom is 0.152 e. The van der Waals surface area contributed by atoms with Crippen molar-refractivity contribution in [3.8, 4) is 17.2 Å². The summed E-state index contributed by atoms with van der Waals surface area (Å²) in [6.07, 6.45) is 5.18. The average molecular weight is 480 g/mol. The first-order valence-corrected chi connectivity index (χ1v) is 12.0. The van der Waals surface area contributed by atoms with Gasteiger partial charge in [0.15, 0.2) is 5.15 Å². The summed E-state index contributed by atoms with van der Waals surface area (Å²) in [5.74, 6) is -0.285. The molecular weight excluding hydrogens is 457 g/mol. The monoisotopic (exact) mass is 479 g/mol. The summed E-state index contributed by atoms with van der Waals surface area (Å²) in [6.45, 7) is 4.45. The first-order valence-electron chi connectivity index (χ1n) is 10.3. The van der Waals surface area contributed by atoms with Crippen LogP contribution >= 0.6 is 23.5 Å². The van der Waals surface area contributed by atoms with E-state index in [-0.39, 0.29) is 5.82 Å². The Kier molecular flexibility index (Phi) is 8.47. The van der Waals surface area contributed by atoms with Gasteiger partial charge in [0, 0.05) is 36.1 Å². The van der Waals surface area contributed by atoms with E-state index >= 15 is 0 Å². The van der Waals surface area contributed by atoms with Gasteiger partial charge in [-0.2, -0.15) is 5.26 Å². The predicted molar refractivity (Wildman–Crippen MR) is 137 cm³/mol. The van der Waals surface area contributed by atoms with E-state index < -0.39 is 0 Å². The quantitative estimate of drug-likeness (QED) is 0.223. The molecule has 0 saturated carbocycles. The van der Waals surface area contributed by atoms with E-state index in [2.05, 4.69) is 26.1 Å². The van der Waals surface area contributed by atoms with Gasteiger partial charge in [-0.3, -0.25) is 4.98 Å². The molecular formula is C25H23ClFN5S. The number of benzene rings is 2. The molecule has 33 heavy (non-hydrogen) atoms. The van der Waals surface area contributed by atoms with Crippen molar-refractivity contribution in [2.45, 2.75) is 20.4 Å². The van der Waals surface area contributed by atoms with Crippen LogP contribution in [0.15, 0.2) is 60.9 Å². The number of hydrogen-bond donors (Lipinski definition) is 2. The molecule has 2 heterocycles. The molecule has 0 bridgehead atoms. The van der Waals surface area contributed by atoms with E-state index in [9.17, 15) is 9.65 Å². The average Bonchev–Trinajstić information content (AvgIpc) is 2.86. The summed E-state index contributed by atoms with van der Waals surface area (Å²) in [5.41, 5.74) is 5.31. The number of rotatable bonds is 6. The highest BCUT2D eigenvalue weighted by Gasteiger charge is 2.12. The molecule has 4 aromatic rings. The molecule has 0 amide bonds. The van der Waals surface area contributed by atoms with Gasteiger partial charge in [0.2, 0.25) is 0 Å². The van der Waals surface area contributed by atoms with Crippen LogP contribution in [0.5, 0.6) is 0 Å². The molecule has 0 saturated heterocycles. The van der Waals surface area contributed by atoms with Crippen molar-refractivity contribution in [2.24, 2.45) is 0 Å². The van der Waals surface area contributed by atoms with Crippen molar-refractivity contribution in [1.82, 2.24) is 9.97 Å². The van der Waals surface area contributed by atoms with Gasteiger partial charge in [-0.15, -0.1) is 0 Å². The van der Waals surface area contributed by atoms with Crippen LogP contribution in [0.3, 0.4) is 0 Å². The number of pyridine rings is 2. The van der Waals surface area contributed by atoms with Gasteiger partial charge in [0.25, 0.3) is 0 Å². The van der Waals surface area contributed by atoms with Gasteiger partial charge in [-0.1, -0.05) is 55.6 Å². The van der Waals surface area contributed by atoms with Gasteiger partial charge < -0.3 is 10.0 Å². The van der Waals surface area contributed by atoms with Crippen LogP contribution in [-0.4, -0.2) is 16.2 Å². The van der Waals surface area contributed by atoms with E-state index in [0.717, 1.165) is 33.3 Å². The minimum absolute atomic E-state index is 0.285. The maximum atomic E-state index is 13.2. The highest BCUT2D eigenvalue weighted by Crippen LogP contribution is 2.33. The van der Waals surface area contributed by atoms with E-state index in [1.165, 1.54) is 24.1 Å². The minimum Gasteiger partial charge on any atom is -0.379 e. The molecule has 0 aliphatic carbocycles. The number of fused-ring (bicyclic) bond motifs is 1. The topological polar surface area (TPSA) is 73.6 Å². The summed E-state index contributed by atoms with van der Waals surface area (Å²) in [4.78, 5) is 8.68. The Morgan fingerprint density at radius 3 is 2.48 bits per heavy atom. The Labute approximate surface area is 202 Å². The van der Waals surface area contributed by atoms with Crippen LogP contribution in [0, 0.1) is 17.1 Å². The zero-order valence-electron chi connectivity index (χ0n) is 18.5. The second-order valence-corrected chi connectivity index (χ2v) is 7.71. The lowest BCUT2D eigenvalue weighted by Gasteiger charge is -2.13. The molecule has 5 nitrogen and oxygen atoms in total.